The van der Waals surface area contributed by atoms with Gasteiger partial charge in [0.1, 0.15) is 10.9 Å². The van der Waals surface area contributed by atoms with Gasteiger partial charge in [0.05, 0.1) is 23.0 Å². The summed E-state index contributed by atoms with van der Waals surface area (Å²) in [7, 11) is 1.62. The second-order valence-corrected chi connectivity index (χ2v) is 4.97. The van der Waals surface area contributed by atoms with E-state index in [0.717, 1.165) is 16.8 Å². The Morgan fingerprint density at radius 2 is 1.80 bits per heavy atom. The van der Waals surface area contributed by atoms with E-state index in [2.05, 4.69) is 9.97 Å². The fourth-order valence-electron chi connectivity index (χ4n) is 1.99. The van der Waals surface area contributed by atoms with Gasteiger partial charge in [-0.25, -0.2) is 9.97 Å². The fraction of sp³-hybridized carbons (Fsp3) is 0.0667. The van der Waals surface area contributed by atoms with E-state index in [0.29, 0.717) is 21.4 Å². The second kappa shape index (κ2) is 5.27. The minimum atomic E-state index is 0.346. The maximum atomic E-state index is 6.22. The highest BCUT2D eigenvalue weighted by Gasteiger charge is 2.10. The molecule has 100 valence electrons. The lowest BCUT2D eigenvalue weighted by atomic mass is 10.2. The Hall–Kier alpha value is -1.84. The molecule has 0 spiro atoms. The van der Waals surface area contributed by atoms with Crippen molar-refractivity contribution >= 4 is 34.1 Å². The largest absolute Gasteiger partial charge is 0.497 e. The Bertz CT molecular complexity index is 790. The molecule has 5 heteroatoms. The third-order valence-electron chi connectivity index (χ3n) is 2.96. The van der Waals surface area contributed by atoms with Gasteiger partial charge in [0.25, 0.3) is 0 Å². The van der Waals surface area contributed by atoms with Crippen molar-refractivity contribution in [3.8, 4) is 17.1 Å². The van der Waals surface area contributed by atoms with E-state index >= 15 is 0 Å². The zero-order chi connectivity index (χ0) is 14.1. The van der Waals surface area contributed by atoms with E-state index in [1.165, 1.54) is 0 Å². The molecular formula is C15H10Cl2N2O. The lowest BCUT2D eigenvalue weighted by Crippen LogP contribution is -1.93. The van der Waals surface area contributed by atoms with Gasteiger partial charge in [0.2, 0.25) is 0 Å². The van der Waals surface area contributed by atoms with Crippen molar-refractivity contribution < 1.29 is 4.74 Å². The third kappa shape index (κ3) is 2.30. The number of fused-ring (bicyclic) bond motifs is 1. The number of rotatable bonds is 2. The van der Waals surface area contributed by atoms with E-state index in [9.17, 15) is 0 Å². The first kappa shape index (κ1) is 13.2. The minimum Gasteiger partial charge on any atom is -0.497 e. The standard InChI is InChI=1S/C15H10Cl2N2O/c1-20-10-5-2-4-9(8-10)15-18-12-7-3-6-11(16)13(12)14(17)19-15/h2-8H,1H3. The number of nitrogens with zero attached hydrogens (tertiary/aromatic N) is 2. The second-order valence-electron chi connectivity index (χ2n) is 4.20. The van der Waals surface area contributed by atoms with Crippen LogP contribution in [0.1, 0.15) is 0 Å². The molecule has 3 rings (SSSR count). The molecule has 0 aliphatic carbocycles. The first-order chi connectivity index (χ1) is 9.69. The Kier molecular flexibility index (Phi) is 3.47. The predicted octanol–water partition coefficient (Wildman–Crippen LogP) is 4.61. The average Bonchev–Trinajstić information content (AvgIpc) is 2.47. The molecule has 1 heterocycles. The Morgan fingerprint density at radius 1 is 1.00 bits per heavy atom. The Morgan fingerprint density at radius 3 is 2.60 bits per heavy atom. The molecule has 2 aromatic carbocycles. The number of hydrogen-bond donors (Lipinski definition) is 0. The predicted molar refractivity (Wildman–Crippen MR) is 81.5 cm³/mol. The monoisotopic (exact) mass is 304 g/mol. The molecule has 0 saturated carbocycles. The average molecular weight is 305 g/mol. The van der Waals surface area contributed by atoms with Crippen LogP contribution in [0, 0.1) is 0 Å². The highest BCUT2D eigenvalue weighted by Crippen LogP contribution is 2.30. The molecule has 3 aromatic rings. The lowest BCUT2D eigenvalue weighted by molar-refractivity contribution is 0.415. The van der Waals surface area contributed by atoms with Crippen LogP contribution in [0.5, 0.6) is 5.75 Å². The molecule has 0 saturated heterocycles. The van der Waals surface area contributed by atoms with Gasteiger partial charge >= 0.3 is 0 Å². The van der Waals surface area contributed by atoms with Crippen LogP contribution < -0.4 is 4.74 Å². The molecule has 0 amide bonds. The van der Waals surface area contributed by atoms with Crippen molar-refractivity contribution in [2.45, 2.75) is 0 Å². The molecule has 0 unspecified atom stereocenters. The van der Waals surface area contributed by atoms with Crippen LogP contribution in [0.25, 0.3) is 22.3 Å². The van der Waals surface area contributed by atoms with Crippen molar-refractivity contribution in [3.05, 3.63) is 52.6 Å². The molecule has 0 N–H and O–H groups in total. The Balaban J connectivity index is 2.22. The highest BCUT2D eigenvalue weighted by molar-refractivity contribution is 6.41. The summed E-state index contributed by atoms with van der Waals surface area (Å²) in [5.41, 5.74) is 1.56. The smallest absolute Gasteiger partial charge is 0.161 e. The van der Waals surface area contributed by atoms with Gasteiger partial charge in [0.15, 0.2) is 5.82 Å². The van der Waals surface area contributed by atoms with E-state index in [-0.39, 0.29) is 0 Å². The summed E-state index contributed by atoms with van der Waals surface area (Å²) in [4.78, 5) is 8.83. The van der Waals surface area contributed by atoms with Gasteiger partial charge in [0, 0.05) is 5.56 Å². The van der Waals surface area contributed by atoms with E-state index in [1.807, 2.05) is 36.4 Å². The number of benzene rings is 2. The van der Waals surface area contributed by atoms with Gasteiger partial charge in [-0.05, 0) is 24.3 Å². The topological polar surface area (TPSA) is 35.0 Å². The van der Waals surface area contributed by atoms with Gasteiger partial charge in [-0.2, -0.15) is 0 Å². The summed E-state index contributed by atoms with van der Waals surface area (Å²) in [5.74, 6) is 1.29. The van der Waals surface area contributed by atoms with Crippen LogP contribution in [0.15, 0.2) is 42.5 Å². The molecule has 0 aliphatic heterocycles. The minimum absolute atomic E-state index is 0.346. The summed E-state index contributed by atoms with van der Waals surface area (Å²) >= 11 is 12.3. The molecule has 0 bridgehead atoms. The van der Waals surface area contributed by atoms with E-state index < -0.39 is 0 Å². The first-order valence-electron chi connectivity index (χ1n) is 5.95. The molecule has 20 heavy (non-hydrogen) atoms. The molecule has 1 aromatic heterocycles. The molecule has 3 nitrogen and oxygen atoms in total. The fourth-order valence-corrected chi connectivity index (χ4v) is 2.58. The molecule has 0 radical (unpaired) electrons. The lowest BCUT2D eigenvalue weighted by Gasteiger charge is -2.07. The van der Waals surface area contributed by atoms with Gasteiger partial charge in [-0.3, -0.25) is 0 Å². The highest BCUT2D eigenvalue weighted by atomic mass is 35.5. The number of ether oxygens (including phenoxy) is 1. The zero-order valence-corrected chi connectivity index (χ0v) is 12.1. The van der Waals surface area contributed by atoms with Crippen molar-refractivity contribution in [1.82, 2.24) is 9.97 Å². The van der Waals surface area contributed by atoms with Crippen LogP contribution in [0.3, 0.4) is 0 Å². The van der Waals surface area contributed by atoms with Crippen LogP contribution in [-0.2, 0) is 0 Å². The van der Waals surface area contributed by atoms with Crippen molar-refractivity contribution in [2.75, 3.05) is 7.11 Å². The van der Waals surface area contributed by atoms with Crippen LogP contribution >= 0.6 is 23.2 Å². The SMILES string of the molecule is COc1cccc(-c2nc(Cl)c3c(Cl)cccc3n2)c1. The van der Waals surface area contributed by atoms with Crippen molar-refractivity contribution in [3.63, 3.8) is 0 Å². The van der Waals surface area contributed by atoms with Crippen LogP contribution in [-0.4, -0.2) is 17.1 Å². The van der Waals surface area contributed by atoms with Crippen molar-refractivity contribution in [1.29, 1.82) is 0 Å². The summed E-state index contributed by atoms with van der Waals surface area (Å²) in [5, 5.41) is 1.56. The maximum absolute atomic E-state index is 6.22. The number of methoxy groups -OCH3 is 1. The summed E-state index contributed by atoms with van der Waals surface area (Å²) in [6.45, 7) is 0. The molecular weight excluding hydrogens is 295 g/mol. The number of halogens is 2. The number of aromatic nitrogens is 2. The van der Waals surface area contributed by atoms with Crippen molar-refractivity contribution in [2.24, 2.45) is 0 Å². The van der Waals surface area contributed by atoms with E-state index in [4.69, 9.17) is 27.9 Å². The third-order valence-corrected chi connectivity index (χ3v) is 3.54. The van der Waals surface area contributed by atoms with Gasteiger partial charge in [-0.1, -0.05) is 41.4 Å². The quantitative estimate of drug-likeness (QED) is 0.648. The molecule has 0 atom stereocenters. The zero-order valence-electron chi connectivity index (χ0n) is 10.6. The van der Waals surface area contributed by atoms with Crippen LogP contribution in [0.4, 0.5) is 0 Å². The van der Waals surface area contributed by atoms with Gasteiger partial charge < -0.3 is 4.74 Å². The van der Waals surface area contributed by atoms with E-state index in [1.54, 1.807) is 13.2 Å². The summed E-state index contributed by atoms with van der Waals surface area (Å²) < 4.78 is 5.20. The summed E-state index contributed by atoms with van der Waals surface area (Å²) in [6, 6.07) is 13.0. The normalized spacial score (nSPS) is 10.8. The molecule has 0 fully saturated rings. The summed E-state index contributed by atoms with van der Waals surface area (Å²) in [6.07, 6.45) is 0. The van der Waals surface area contributed by atoms with Crippen LogP contribution in [0.2, 0.25) is 10.2 Å². The van der Waals surface area contributed by atoms with Gasteiger partial charge in [-0.15, -0.1) is 0 Å². The maximum Gasteiger partial charge on any atom is 0.161 e. The number of hydrogen-bond acceptors (Lipinski definition) is 3. The molecule has 0 aliphatic rings. The first-order valence-corrected chi connectivity index (χ1v) is 6.71. The Labute approximate surface area is 126 Å².